The van der Waals surface area contributed by atoms with Crippen LogP contribution in [0.2, 0.25) is 0 Å². The molecule has 8 nitrogen and oxygen atoms in total. The molecule has 0 saturated carbocycles. The van der Waals surface area contributed by atoms with Gasteiger partial charge in [-0.2, -0.15) is 0 Å². The van der Waals surface area contributed by atoms with Crippen molar-refractivity contribution in [2.75, 3.05) is 5.32 Å². The number of aryl methyl sites for hydroxylation is 1. The number of nitrogens with one attached hydrogen (secondary N) is 2. The summed E-state index contributed by atoms with van der Waals surface area (Å²) in [5.41, 5.74) is 1.08. The van der Waals surface area contributed by atoms with E-state index in [2.05, 4.69) is 25.2 Å². The predicted octanol–water partition coefficient (Wildman–Crippen LogP) is 2.23. The van der Waals surface area contributed by atoms with Crippen molar-refractivity contribution < 1.29 is 13.2 Å². The molecule has 0 aliphatic heterocycles. The van der Waals surface area contributed by atoms with Crippen LogP contribution in [0.15, 0.2) is 53.7 Å². The van der Waals surface area contributed by atoms with Gasteiger partial charge in [0, 0.05) is 24.5 Å². The summed E-state index contributed by atoms with van der Waals surface area (Å²) in [5.74, 6) is -0.374. The van der Waals surface area contributed by atoms with E-state index in [1.165, 1.54) is 35.6 Å². The van der Waals surface area contributed by atoms with Gasteiger partial charge in [0.2, 0.25) is 15.2 Å². The van der Waals surface area contributed by atoms with Gasteiger partial charge < -0.3 is 0 Å². The first-order valence-electron chi connectivity index (χ1n) is 8.10. The molecule has 3 rings (SSSR count). The number of carbonyl (C=O) groups excluding carboxylic acids is 1. The number of aromatic nitrogens is 3. The number of benzene rings is 1. The number of rotatable bonds is 7. The molecule has 0 saturated heterocycles. The Hall–Kier alpha value is -2.69. The van der Waals surface area contributed by atoms with Crippen molar-refractivity contribution in [3.05, 3.63) is 64.9 Å². The maximum Gasteiger partial charge on any atom is 0.257 e. The zero-order valence-electron chi connectivity index (χ0n) is 14.4. The highest BCUT2D eigenvalue weighted by Gasteiger charge is 2.15. The molecule has 2 N–H and O–H groups in total. The Morgan fingerprint density at radius 3 is 2.56 bits per heavy atom. The van der Waals surface area contributed by atoms with Gasteiger partial charge in [-0.25, -0.2) is 13.1 Å². The van der Waals surface area contributed by atoms with Crippen molar-refractivity contribution in [1.82, 2.24) is 19.9 Å². The fraction of sp³-hybridized carbons (Fsp3) is 0.176. The van der Waals surface area contributed by atoms with Gasteiger partial charge in [-0.1, -0.05) is 24.3 Å². The number of hydrogen-bond acceptors (Lipinski definition) is 7. The topological polar surface area (TPSA) is 114 Å². The van der Waals surface area contributed by atoms with Crippen molar-refractivity contribution >= 4 is 32.4 Å². The highest BCUT2D eigenvalue weighted by Crippen LogP contribution is 2.17. The summed E-state index contributed by atoms with van der Waals surface area (Å²) >= 11 is 1.30. The first-order chi connectivity index (χ1) is 13.0. The minimum absolute atomic E-state index is 0.0760. The minimum Gasteiger partial charge on any atom is -0.296 e. The molecular weight excluding hydrogens is 386 g/mol. The predicted molar refractivity (Wildman–Crippen MR) is 102 cm³/mol. The molecule has 2 heterocycles. The highest BCUT2D eigenvalue weighted by atomic mass is 32.2. The van der Waals surface area contributed by atoms with Gasteiger partial charge >= 0.3 is 0 Å². The molecule has 0 radical (unpaired) electrons. The normalized spacial score (nSPS) is 11.3. The molecule has 27 heavy (non-hydrogen) atoms. The van der Waals surface area contributed by atoms with E-state index in [0.717, 1.165) is 17.0 Å². The fourth-order valence-corrected chi connectivity index (χ4v) is 3.86. The summed E-state index contributed by atoms with van der Waals surface area (Å²) in [4.78, 5) is 16.3. The van der Waals surface area contributed by atoms with Crippen molar-refractivity contribution in [1.29, 1.82) is 0 Å². The summed E-state index contributed by atoms with van der Waals surface area (Å²) in [6.45, 7) is 2.09. The Morgan fingerprint density at radius 2 is 1.93 bits per heavy atom. The summed E-state index contributed by atoms with van der Waals surface area (Å²) < 4.78 is 27.2. The average Bonchev–Trinajstić information content (AvgIpc) is 3.15. The Kier molecular flexibility index (Phi) is 5.89. The van der Waals surface area contributed by atoms with Crippen LogP contribution in [-0.2, 0) is 23.0 Å². The monoisotopic (exact) mass is 403 g/mol. The summed E-state index contributed by atoms with van der Waals surface area (Å²) in [6.07, 6.45) is 3.95. The lowest BCUT2D eigenvalue weighted by Crippen LogP contribution is -2.23. The maximum atomic E-state index is 12.4. The van der Waals surface area contributed by atoms with Crippen molar-refractivity contribution in [3.8, 4) is 0 Å². The van der Waals surface area contributed by atoms with Crippen LogP contribution in [0.1, 0.15) is 27.9 Å². The molecule has 2 aromatic heterocycles. The van der Waals surface area contributed by atoms with E-state index in [0.29, 0.717) is 10.7 Å². The lowest BCUT2D eigenvalue weighted by atomic mass is 10.2. The van der Waals surface area contributed by atoms with E-state index in [-0.39, 0.29) is 17.3 Å². The van der Waals surface area contributed by atoms with E-state index in [1.807, 2.05) is 6.92 Å². The van der Waals surface area contributed by atoms with Crippen LogP contribution in [-0.4, -0.2) is 29.5 Å². The standard InChI is InChI=1S/C17H17N5O3S2/c1-2-15-21-22-17(26-15)20-16(23)13-5-7-14(8-6-13)27(24,25)19-11-12-4-3-9-18-10-12/h3-10,19H,2,11H2,1H3,(H,20,22,23). The van der Waals surface area contributed by atoms with Crippen LogP contribution < -0.4 is 10.0 Å². The Bertz CT molecular complexity index is 1020. The smallest absolute Gasteiger partial charge is 0.257 e. The third-order valence-electron chi connectivity index (χ3n) is 3.61. The lowest BCUT2D eigenvalue weighted by Gasteiger charge is -2.07. The zero-order valence-corrected chi connectivity index (χ0v) is 16.0. The van der Waals surface area contributed by atoms with Crippen LogP contribution in [0.3, 0.4) is 0 Å². The molecule has 0 unspecified atom stereocenters. The second-order valence-electron chi connectivity index (χ2n) is 5.52. The van der Waals surface area contributed by atoms with Crippen LogP contribution in [0.5, 0.6) is 0 Å². The largest absolute Gasteiger partial charge is 0.296 e. The third-order valence-corrected chi connectivity index (χ3v) is 6.01. The Balaban J connectivity index is 1.65. The average molecular weight is 403 g/mol. The zero-order chi connectivity index (χ0) is 19.3. The minimum atomic E-state index is -3.69. The van der Waals surface area contributed by atoms with E-state index in [9.17, 15) is 13.2 Å². The van der Waals surface area contributed by atoms with Gasteiger partial charge in [-0.15, -0.1) is 10.2 Å². The van der Waals surface area contributed by atoms with Crippen LogP contribution in [0, 0.1) is 0 Å². The van der Waals surface area contributed by atoms with Gasteiger partial charge in [0.05, 0.1) is 4.90 Å². The SMILES string of the molecule is CCc1nnc(NC(=O)c2ccc(S(=O)(=O)NCc3cccnc3)cc2)s1. The van der Waals surface area contributed by atoms with Crippen molar-refractivity contribution in [3.63, 3.8) is 0 Å². The van der Waals surface area contributed by atoms with Gasteiger partial charge in [-0.3, -0.25) is 15.1 Å². The van der Waals surface area contributed by atoms with Gasteiger partial charge in [-0.05, 0) is 42.3 Å². The van der Waals surface area contributed by atoms with E-state index < -0.39 is 10.0 Å². The number of sulfonamides is 1. The molecule has 0 atom stereocenters. The van der Waals surface area contributed by atoms with E-state index >= 15 is 0 Å². The van der Waals surface area contributed by atoms with Gasteiger partial charge in [0.15, 0.2) is 0 Å². The van der Waals surface area contributed by atoms with Gasteiger partial charge in [0.1, 0.15) is 5.01 Å². The number of nitrogens with zero attached hydrogens (tertiary/aromatic N) is 3. The molecule has 0 aliphatic rings. The quantitative estimate of drug-likeness (QED) is 0.625. The Labute approximate surface area is 160 Å². The van der Waals surface area contributed by atoms with Crippen molar-refractivity contribution in [2.45, 2.75) is 24.8 Å². The lowest BCUT2D eigenvalue weighted by molar-refractivity contribution is 0.102. The van der Waals surface area contributed by atoms with Crippen LogP contribution in [0.25, 0.3) is 0 Å². The molecule has 0 fully saturated rings. The number of amides is 1. The van der Waals surface area contributed by atoms with Crippen LogP contribution >= 0.6 is 11.3 Å². The summed E-state index contributed by atoms with van der Waals surface area (Å²) in [6, 6.07) is 9.19. The summed E-state index contributed by atoms with van der Waals surface area (Å²) in [7, 11) is -3.69. The molecule has 0 spiro atoms. The molecule has 1 aromatic carbocycles. The Morgan fingerprint density at radius 1 is 1.15 bits per heavy atom. The van der Waals surface area contributed by atoms with E-state index in [1.54, 1.807) is 24.5 Å². The molecule has 0 bridgehead atoms. The third kappa shape index (κ3) is 4.94. The molecule has 10 heteroatoms. The van der Waals surface area contributed by atoms with E-state index in [4.69, 9.17) is 0 Å². The molecule has 1 amide bonds. The number of carbonyl (C=O) groups is 1. The van der Waals surface area contributed by atoms with Crippen LogP contribution in [0.4, 0.5) is 5.13 Å². The maximum absolute atomic E-state index is 12.4. The molecule has 3 aromatic rings. The molecular formula is C17H17N5O3S2. The first-order valence-corrected chi connectivity index (χ1v) is 10.4. The highest BCUT2D eigenvalue weighted by molar-refractivity contribution is 7.89. The number of pyridine rings is 1. The first kappa shape index (κ1) is 19.1. The van der Waals surface area contributed by atoms with Gasteiger partial charge in [0.25, 0.3) is 5.91 Å². The molecule has 140 valence electrons. The van der Waals surface area contributed by atoms with Crippen molar-refractivity contribution in [2.24, 2.45) is 0 Å². The second kappa shape index (κ2) is 8.33. The molecule has 0 aliphatic carbocycles. The number of anilines is 1. The number of hydrogen-bond donors (Lipinski definition) is 2. The fourth-order valence-electron chi connectivity index (χ4n) is 2.17. The summed E-state index contributed by atoms with van der Waals surface area (Å²) in [5, 5.41) is 11.7. The second-order valence-corrected chi connectivity index (χ2v) is 8.35.